The zero-order chi connectivity index (χ0) is 97.3. The summed E-state index contributed by atoms with van der Waals surface area (Å²) >= 11 is 1.84. The molecule has 8 aromatic heterocycles. The monoisotopic (exact) mass is 2640 g/mol. The Bertz CT molecular complexity index is 7850. The number of hydrogen-bond donors (Lipinski definition) is 0. The maximum absolute atomic E-state index is 5.97. The summed E-state index contributed by atoms with van der Waals surface area (Å²) in [6.45, 7) is 10.2. The molecule has 0 atom stereocenters. The fraction of sp³-hybridized carbons (Fsp3) is 0.0400. The molecule has 0 saturated heterocycles. The molecule has 0 unspecified atom stereocenters. The molecule has 0 amide bonds. The van der Waals surface area contributed by atoms with Gasteiger partial charge in [-0.05, 0) is 127 Å². The molecule has 0 N–H and O–H groups in total. The minimum Gasteiger partial charge on any atom is -0.619 e. The number of para-hydroxylation sites is 5. The van der Waals surface area contributed by atoms with Crippen LogP contribution in [0.25, 0.3) is 155 Å². The molecule has 2 aliphatic heterocycles. The van der Waals surface area contributed by atoms with Gasteiger partial charge in [-0.1, -0.05) is 188 Å². The fourth-order valence-electron chi connectivity index (χ4n) is 16.3. The van der Waals surface area contributed by atoms with E-state index in [1.165, 1.54) is 82.5 Å². The first kappa shape index (κ1) is 106. The van der Waals surface area contributed by atoms with Crippen LogP contribution in [0.1, 0.15) is 29.4 Å². The van der Waals surface area contributed by atoms with Crippen molar-refractivity contribution in [2.45, 2.75) is 20.8 Å². The van der Waals surface area contributed by atoms with Crippen LogP contribution < -0.4 is 30.0 Å². The number of benzene rings is 16. The molecule has 0 fully saturated rings. The van der Waals surface area contributed by atoms with Crippen molar-refractivity contribution in [3.05, 3.63) is 546 Å². The van der Waals surface area contributed by atoms with Gasteiger partial charge in [0.25, 0.3) is 0 Å². The van der Waals surface area contributed by atoms with Crippen molar-refractivity contribution >= 4 is 76.2 Å². The molecule has 10 heterocycles. The maximum atomic E-state index is 5.97. The molecule has 0 saturated carbocycles. The third kappa shape index (κ3) is 26.9. The second kappa shape index (κ2) is 52.1. The van der Waals surface area contributed by atoms with Crippen LogP contribution in [0.3, 0.4) is 0 Å². The second-order valence-corrected chi connectivity index (χ2v) is 34.2. The van der Waals surface area contributed by atoms with Gasteiger partial charge in [0.05, 0.1) is 12.4 Å². The fourth-order valence-corrected chi connectivity index (χ4v) is 17.4. The third-order valence-corrected chi connectivity index (χ3v) is 24.5. The number of anilines is 2. The van der Waals surface area contributed by atoms with Crippen LogP contribution in [-0.2, 0) is 84.3 Å². The molecule has 147 heavy (non-hydrogen) atoms. The normalized spacial score (nSPS) is 11.5. The van der Waals surface area contributed by atoms with Gasteiger partial charge in [0, 0.05) is 125 Å². The van der Waals surface area contributed by atoms with Crippen LogP contribution in [0.2, 0.25) is 0 Å². The van der Waals surface area contributed by atoms with Gasteiger partial charge in [0.15, 0.2) is 0 Å². The minimum absolute atomic E-state index is 0. The Hall–Kier alpha value is -15.8. The summed E-state index contributed by atoms with van der Waals surface area (Å²) in [7, 11) is 4.16. The van der Waals surface area contributed by atoms with Gasteiger partial charge in [-0.2, -0.15) is 149 Å². The minimum atomic E-state index is 0. The van der Waals surface area contributed by atoms with E-state index in [0.717, 1.165) is 118 Å². The van der Waals surface area contributed by atoms with E-state index in [1.54, 1.807) is 18.6 Å². The summed E-state index contributed by atoms with van der Waals surface area (Å²) in [6.07, 6.45) is 16.6. The second-order valence-electron chi connectivity index (χ2n) is 33.2. The maximum Gasteiger partial charge on any atom is 4.00 e. The van der Waals surface area contributed by atoms with E-state index in [1.807, 2.05) is 278 Å². The van der Waals surface area contributed by atoms with E-state index < -0.39 is 0 Å². The number of imidazole rings is 2. The molecule has 0 spiro atoms. The van der Waals surface area contributed by atoms with Gasteiger partial charge in [0.1, 0.15) is 11.2 Å². The number of hydrogen-bond acceptors (Lipinski definition) is 12. The van der Waals surface area contributed by atoms with Gasteiger partial charge >= 0.3 is 42.1 Å². The van der Waals surface area contributed by atoms with Gasteiger partial charge in [0.2, 0.25) is 0 Å². The van der Waals surface area contributed by atoms with Crippen LogP contribution in [0.15, 0.2) is 466 Å². The van der Waals surface area contributed by atoms with Gasteiger partial charge in [-0.25, -0.2) is 11.4 Å². The summed E-state index contributed by atoms with van der Waals surface area (Å²) in [4.78, 5) is 24.6. The zero-order valence-corrected chi connectivity index (χ0v) is 90.1. The molecular formula is C125H92N16OPt4S-6. The Morgan fingerprint density at radius 1 is 0.340 bits per heavy atom. The molecular weight excluding hydrogens is 2550 g/mol. The van der Waals surface area contributed by atoms with Crippen LogP contribution in [-0.4, -0.2) is 63.6 Å². The average Bonchev–Trinajstić information content (AvgIpc) is 1.64. The smallest absolute Gasteiger partial charge is 0.619 e. The number of fused-ring (bicyclic) bond motifs is 6. The molecule has 17 nitrogen and oxygen atoms in total. The van der Waals surface area contributed by atoms with Crippen molar-refractivity contribution in [3.63, 3.8) is 0 Å². The van der Waals surface area contributed by atoms with Crippen molar-refractivity contribution < 1.29 is 88.7 Å². The number of thiophene rings is 1. The Balaban J connectivity index is 0.000000128. The molecule has 16 aromatic carbocycles. The van der Waals surface area contributed by atoms with E-state index in [2.05, 4.69) is 341 Å². The third-order valence-electron chi connectivity index (χ3n) is 23.4. The number of nitrogens with zero attached hydrogens (tertiary/aromatic N) is 16. The van der Waals surface area contributed by atoms with Crippen molar-refractivity contribution in [1.29, 1.82) is 0 Å². The molecule has 22 heteroatoms. The summed E-state index contributed by atoms with van der Waals surface area (Å²) in [5.74, 6) is 0.741. The molecule has 0 aliphatic carbocycles. The molecule has 0 bridgehead atoms. The van der Waals surface area contributed by atoms with Crippen LogP contribution in [0.5, 0.6) is 0 Å². The first-order valence-corrected chi connectivity index (χ1v) is 47.3. The Morgan fingerprint density at radius 3 is 1.26 bits per heavy atom. The Morgan fingerprint density at radius 2 is 0.769 bits per heavy atom. The topological polar surface area (TPSA) is 170 Å². The predicted molar refractivity (Wildman–Crippen MR) is 577 cm³/mol. The van der Waals surface area contributed by atoms with E-state index >= 15 is 0 Å². The number of rotatable bonds is 14. The van der Waals surface area contributed by atoms with Crippen molar-refractivity contribution in [3.8, 4) is 101 Å². The van der Waals surface area contributed by atoms with Gasteiger partial charge in [-0.15, -0.1) is 186 Å². The van der Waals surface area contributed by atoms with Crippen molar-refractivity contribution in [2.75, 3.05) is 23.9 Å². The number of allylic oxidation sites excluding steroid dienone is 1. The Kier molecular flexibility index (Phi) is 37.4. The van der Waals surface area contributed by atoms with E-state index in [0.29, 0.717) is 0 Å². The quantitative estimate of drug-likeness (QED) is 0.0942. The van der Waals surface area contributed by atoms with Gasteiger partial charge in [-0.3, -0.25) is 9.36 Å². The predicted octanol–water partition coefficient (Wildman–Crippen LogP) is 28.0. The van der Waals surface area contributed by atoms with Crippen LogP contribution in [0, 0.1) is 75.7 Å². The first-order chi connectivity index (χ1) is 70.5. The SMILES string of the molecule is CC1=C(c2ccc(-c3ccccc3)cc2)N(C)[CH-]N1c1[c-]cccc1.CN1[CH-]N(c2[c-]cccc2)C=C1c1ccc(-c2ccccc2)cc1.Cc1cc(-c2[c-]cccc2)[n-]n1.Cc1cc(-c2[c-]cccc2)[n-]n1.[Pt+4].[Pt+4].[Pt].[Pt].[c-]1ccccc1-c1cnc[n-]1.[c-]1ccccc1-c1ncc[n-]1.[c-]1ccccc1-n1cc(-c2ccc3c(c2)oc2ccccc23)cn1.[c-]1ccccc1-n1cc(-c2ccc3c(c2)sc2ccccc23)cn1. The number of furan rings is 1. The van der Waals surface area contributed by atoms with Crippen LogP contribution >= 0.6 is 11.3 Å². The largest absolute Gasteiger partial charge is 4.00 e. The molecule has 0 radical (unpaired) electrons. The molecule has 26 rings (SSSR count). The summed E-state index contributed by atoms with van der Waals surface area (Å²) < 4.78 is 12.3. The number of aryl methyl sites for hydroxylation is 2. The van der Waals surface area contributed by atoms with Crippen molar-refractivity contribution in [2.24, 2.45) is 0 Å². The first-order valence-electron chi connectivity index (χ1n) is 46.4. The Labute approximate surface area is 918 Å². The zero-order valence-electron chi connectivity index (χ0n) is 80.2. The van der Waals surface area contributed by atoms with E-state index in [-0.39, 0.29) is 84.3 Å². The van der Waals surface area contributed by atoms with Crippen molar-refractivity contribution in [1.82, 2.24) is 69.7 Å². The summed E-state index contributed by atoms with van der Waals surface area (Å²) in [5, 5.41) is 29.7. The van der Waals surface area contributed by atoms with E-state index in [4.69, 9.17) is 4.42 Å². The number of aromatic nitrogens is 12. The summed E-state index contributed by atoms with van der Waals surface area (Å²) in [5.41, 5.74) is 29.7. The molecule has 24 aromatic rings. The summed E-state index contributed by atoms with van der Waals surface area (Å²) in [6, 6.07) is 160. The van der Waals surface area contributed by atoms with Crippen LogP contribution in [0.4, 0.5) is 11.4 Å². The standard InChI is InChI=1S/C23H20N2.C22H18N2.C21H13N2O.C21H13N2S.2C10H8N2.2C9H6N2.4Pt/c1-18-23(24(2)17-25(18)22-11-7-4-8-12-22)21-15-13-20(14-16-21)19-9-5-3-6-10-19;1-23-17-24(21-10-6-3-7-11-21)16-22(23)20-14-12-19(13-15-20)18-8-4-2-5-9-18;2*1-2-6-17(7-3-1)23-14-16(13-22-23)15-10-11-19-18-8-4-5-9-20(18)24-21(19)12-15;2*1-8-7-10(12-11-8)9-5-3-2-4-6-9;1-2-4-8(5-3-1)9-6-10-7-11-9;1-2-4-8(5-3-1)9-10-6-7-11-9;;;;/h3-11,13-17H,1-2H3;2-10,12-17H,1H3;2*1-6,8-14H;2*2-5,7H,1H3;2*1-4,6-7H;;;;/q2*-2;2*-1;4*-2;;;2*+4. The average molecular weight is 2650 g/mol. The molecule has 2 aliphatic rings. The molecule has 730 valence electrons. The van der Waals surface area contributed by atoms with Gasteiger partial charge < -0.3 is 64.3 Å². The van der Waals surface area contributed by atoms with E-state index in [9.17, 15) is 0 Å².